The van der Waals surface area contributed by atoms with Gasteiger partial charge in [-0.1, -0.05) is 75.0 Å². The zero-order valence-electron chi connectivity index (χ0n) is 17.2. The molecule has 1 atom stereocenters. The van der Waals surface area contributed by atoms with Crippen LogP contribution in [0.1, 0.15) is 28.3 Å². The minimum atomic E-state index is -0.839. The molecule has 1 aliphatic heterocycles. The predicted octanol–water partition coefficient (Wildman–Crippen LogP) is 7.00. The lowest BCUT2D eigenvalue weighted by molar-refractivity contribution is -0.132. The molecule has 0 aliphatic carbocycles. The van der Waals surface area contributed by atoms with Crippen LogP contribution in [-0.4, -0.2) is 16.8 Å². The first-order valence-corrected chi connectivity index (χ1v) is 11.3. The number of aliphatic hydroxyl groups excluding tert-OH is 1. The molecule has 1 N–H and O–H groups in total. The maximum atomic E-state index is 13.2. The van der Waals surface area contributed by atoms with Crippen molar-refractivity contribution in [1.82, 2.24) is 0 Å². The van der Waals surface area contributed by atoms with Gasteiger partial charge in [0, 0.05) is 25.8 Å². The molecule has 3 aromatic carbocycles. The lowest BCUT2D eigenvalue weighted by Crippen LogP contribution is -2.29. The highest BCUT2D eigenvalue weighted by atomic mass is 79.9. The van der Waals surface area contributed by atoms with E-state index < -0.39 is 17.7 Å². The summed E-state index contributed by atoms with van der Waals surface area (Å²) in [6.07, 6.45) is 0. The number of aryl methyl sites for hydroxylation is 2. The van der Waals surface area contributed by atoms with Crippen LogP contribution in [0.2, 0.25) is 10.0 Å². The average molecular weight is 531 g/mol. The number of carbonyl (C=O) groups is 2. The monoisotopic (exact) mass is 529 g/mol. The zero-order valence-corrected chi connectivity index (χ0v) is 20.3. The Morgan fingerprint density at radius 3 is 2.28 bits per heavy atom. The first-order valence-electron chi connectivity index (χ1n) is 9.77. The Labute approximate surface area is 204 Å². The van der Waals surface area contributed by atoms with E-state index in [1.807, 2.05) is 38.1 Å². The molecule has 3 aromatic rings. The number of nitrogens with zero attached hydrogens (tertiary/aromatic N) is 1. The largest absolute Gasteiger partial charge is 0.507 e. The Bertz CT molecular complexity index is 1280. The number of rotatable bonds is 3. The molecule has 4 nitrogen and oxygen atoms in total. The van der Waals surface area contributed by atoms with Crippen molar-refractivity contribution < 1.29 is 14.7 Å². The topological polar surface area (TPSA) is 57.6 Å². The van der Waals surface area contributed by atoms with Gasteiger partial charge in [0.1, 0.15) is 5.76 Å². The normalized spacial score (nSPS) is 17.8. The molecule has 0 bridgehead atoms. The summed E-state index contributed by atoms with van der Waals surface area (Å²) in [4.78, 5) is 27.8. The van der Waals surface area contributed by atoms with Crippen LogP contribution < -0.4 is 4.90 Å². The molecule has 1 amide bonds. The molecule has 1 fully saturated rings. The summed E-state index contributed by atoms with van der Waals surface area (Å²) in [7, 11) is 0. The van der Waals surface area contributed by atoms with E-state index in [1.54, 1.807) is 36.4 Å². The third-order valence-corrected chi connectivity index (χ3v) is 6.69. The van der Waals surface area contributed by atoms with Crippen LogP contribution in [0, 0.1) is 13.8 Å². The van der Waals surface area contributed by atoms with E-state index in [9.17, 15) is 14.7 Å². The molecule has 1 heterocycles. The van der Waals surface area contributed by atoms with E-state index in [1.165, 1.54) is 4.90 Å². The summed E-state index contributed by atoms with van der Waals surface area (Å²) < 4.78 is 0.873. The quantitative estimate of drug-likeness (QED) is 0.225. The Morgan fingerprint density at radius 2 is 1.66 bits per heavy atom. The first kappa shape index (κ1) is 22.6. The second-order valence-electron chi connectivity index (χ2n) is 7.67. The van der Waals surface area contributed by atoms with E-state index in [0.717, 1.165) is 15.6 Å². The van der Waals surface area contributed by atoms with Crippen molar-refractivity contribution in [3.63, 3.8) is 0 Å². The maximum Gasteiger partial charge on any atom is 0.300 e. The van der Waals surface area contributed by atoms with Crippen LogP contribution in [-0.2, 0) is 9.59 Å². The molecule has 0 radical (unpaired) electrons. The number of halogens is 3. The molecule has 32 heavy (non-hydrogen) atoms. The van der Waals surface area contributed by atoms with Crippen molar-refractivity contribution >= 4 is 62.3 Å². The standard InChI is InChI=1S/C25H18BrCl2NO3/c1-13-4-3-5-15(8-13)22-21(23(30)16-6-7-20(26)14(2)9-16)24(31)25(32)29(22)19-11-17(27)10-18(28)12-19/h3-12,22,30H,1-2H3/b23-21+. The number of benzene rings is 3. The zero-order chi connectivity index (χ0) is 23.2. The Hall–Kier alpha value is -2.60. The fraction of sp³-hybridized carbons (Fsp3) is 0.120. The average Bonchev–Trinajstić information content (AvgIpc) is 3.00. The number of anilines is 1. The van der Waals surface area contributed by atoms with Gasteiger partial charge < -0.3 is 5.11 Å². The Kier molecular flexibility index (Phi) is 6.17. The summed E-state index contributed by atoms with van der Waals surface area (Å²) in [5.74, 6) is -1.77. The number of hydrogen-bond donors (Lipinski definition) is 1. The third-order valence-electron chi connectivity index (χ3n) is 5.36. The van der Waals surface area contributed by atoms with E-state index in [-0.39, 0.29) is 11.3 Å². The molecule has 0 spiro atoms. The van der Waals surface area contributed by atoms with Crippen LogP contribution in [0.25, 0.3) is 5.76 Å². The number of ketones is 1. The van der Waals surface area contributed by atoms with Crippen molar-refractivity contribution in [3.8, 4) is 0 Å². The van der Waals surface area contributed by atoms with Gasteiger partial charge in [0.15, 0.2) is 0 Å². The van der Waals surface area contributed by atoms with Crippen LogP contribution >= 0.6 is 39.1 Å². The van der Waals surface area contributed by atoms with Crippen LogP contribution in [0.15, 0.2) is 70.7 Å². The smallest absolute Gasteiger partial charge is 0.300 e. The summed E-state index contributed by atoms with van der Waals surface area (Å²) in [6.45, 7) is 3.80. The molecule has 162 valence electrons. The predicted molar refractivity (Wildman–Crippen MR) is 131 cm³/mol. The van der Waals surface area contributed by atoms with Crippen LogP contribution in [0.3, 0.4) is 0 Å². The first-order chi connectivity index (χ1) is 15.2. The van der Waals surface area contributed by atoms with Gasteiger partial charge in [0.05, 0.1) is 11.6 Å². The van der Waals surface area contributed by atoms with Crippen molar-refractivity contribution in [2.24, 2.45) is 0 Å². The number of hydrogen-bond acceptors (Lipinski definition) is 3. The van der Waals surface area contributed by atoms with Crippen molar-refractivity contribution in [1.29, 1.82) is 0 Å². The van der Waals surface area contributed by atoms with E-state index >= 15 is 0 Å². The van der Waals surface area contributed by atoms with Crippen molar-refractivity contribution in [2.75, 3.05) is 4.90 Å². The lowest BCUT2D eigenvalue weighted by Gasteiger charge is -2.26. The minimum absolute atomic E-state index is 0.0124. The highest BCUT2D eigenvalue weighted by Gasteiger charge is 2.47. The van der Waals surface area contributed by atoms with Gasteiger partial charge in [-0.2, -0.15) is 0 Å². The van der Waals surface area contributed by atoms with Gasteiger partial charge in [-0.25, -0.2) is 0 Å². The molecule has 1 unspecified atom stereocenters. The fourth-order valence-electron chi connectivity index (χ4n) is 3.88. The summed E-state index contributed by atoms with van der Waals surface area (Å²) in [5, 5.41) is 11.9. The van der Waals surface area contributed by atoms with Gasteiger partial charge in [0.25, 0.3) is 11.7 Å². The number of amides is 1. The molecule has 7 heteroatoms. The number of carbonyl (C=O) groups excluding carboxylic acids is 2. The van der Waals surface area contributed by atoms with Crippen LogP contribution in [0.5, 0.6) is 0 Å². The van der Waals surface area contributed by atoms with Crippen molar-refractivity contribution in [3.05, 3.63) is 103 Å². The van der Waals surface area contributed by atoms with Crippen LogP contribution in [0.4, 0.5) is 5.69 Å². The number of Topliss-reactive ketones (excluding diaryl/α,β-unsaturated/α-hetero) is 1. The molecular weight excluding hydrogens is 513 g/mol. The Balaban J connectivity index is 1.99. The fourth-order valence-corrected chi connectivity index (χ4v) is 4.64. The molecule has 1 aliphatic rings. The summed E-state index contributed by atoms with van der Waals surface area (Å²) in [6, 6.07) is 16.6. The molecule has 0 saturated carbocycles. The highest BCUT2D eigenvalue weighted by Crippen LogP contribution is 2.43. The van der Waals surface area contributed by atoms with Crippen molar-refractivity contribution in [2.45, 2.75) is 19.9 Å². The SMILES string of the molecule is Cc1cccc(C2/C(=C(\O)c3ccc(Br)c(C)c3)C(=O)C(=O)N2c2cc(Cl)cc(Cl)c2)c1. The maximum absolute atomic E-state index is 13.2. The van der Waals surface area contributed by atoms with Gasteiger partial charge in [0.2, 0.25) is 0 Å². The molecule has 0 aromatic heterocycles. The number of aliphatic hydroxyl groups is 1. The lowest BCUT2D eigenvalue weighted by atomic mass is 9.94. The molecule has 4 rings (SSSR count). The molecule has 1 saturated heterocycles. The van der Waals surface area contributed by atoms with E-state index in [4.69, 9.17) is 23.2 Å². The second kappa shape index (κ2) is 8.74. The third kappa shape index (κ3) is 4.08. The van der Waals surface area contributed by atoms with Gasteiger partial charge in [-0.05, 0) is 55.3 Å². The van der Waals surface area contributed by atoms with E-state index in [2.05, 4.69) is 15.9 Å². The highest BCUT2D eigenvalue weighted by molar-refractivity contribution is 9.10. The second-order valence-corrected chi connectivity index (χ2v) is 9.40. The Morgan fingerprint density at radius 1 is 0.969 bits per heavy atom. The summed E-state index contributed by atoms with van der Waals surface area (Å²) in [5.41, 5.74) is 3.37. The van der Waals surface area contributed by atoms with Gasteiger partial charge in [-0.15, -0.1) is 0 Å². The molecular formula is C25H18BrCl2NO3. The van der Waals surface area contributed by atoms with Gasteiger partial charge >= 0.3 is 0 Å². The van der Waals surface area contributed by atoms with E-state index in [0.29, 0.717) is 26.9 Å². The van der Waals surface area contributed by atoms with Gasteiger partial charge in [-0.3, -0.25) is 14.5 Å². The minimum Gasteiger partial charge on any atom is -0.507 e. The summed E-state index contributed by atoms with van der Waals surface area (Å²) >= 11 is 15.8.